The molecular weight excluding hydrogens is 934 g/mol. The smallest absolute Gasteiger partial charge is 0.326 e. The van der Waals surface area contributed by atoms with Crippen LogP contribution in [0.15, 0.2) is 107 Å². The summed E-state index contributed by atoms with van der Waals surface area (Å²) in [6, 6.07) is 30.1. The number of ether oxygens (including phenoxy) is 3. The molecule has 5 aromatic carbocycles. The molecule has 3 atom stereocenters. The summed E-state index contributed by atoms with van der Waals surface area (Å²) in [5.41, 5.74) is 6.19. The highest BCUT2D eigenvalue weighted by Crippen LogP contribution is 2.43. The molecule has 0 saturated carbocycles. The lowest BCUT2D eigenvalue weighted by molar-refractivity contribution is -0.142. The van der Waals surface area contributed by atoms with Gasteiger partial charge >= 0.3 is 5.97 Å². The number of thiazole rings is 1. The van der Waals surface area contributed by atoms with Crippen LogP contribution in [-0.2, 0) is 45.6 Å². The molecule has 13 nitrogen and oxygen atoms in total. The van der Waals surface area contributed by atoms with E-state index in [1.165, 1.54) is 0 Å². The predicted molar refractivity (Wildman–Crippen MR) is 257 cm³/mol. The SMILES string of the molecule is Cc1nc(NCCC(C)C)sc1S(=O)(=O)N1Cc2cc3c(cc2C[C@H]1C(=O)N[C@@H](Cc1ccc(-c2ccc(C#N)cc2)cc1)C(=O)O)OCC(c1ccc(OCc2ccc(Cl)c(Cl)c2)cc1)O3. The Kier molecular flexibility index (Phi) is 14.4. The molecule has 17 heteroatoms. The van der Waals surface area contributed by atoms with Gasteiger partial charge in [-0.15, -0.1) is 0 Å². The van der Waals surface area contributed by atoms with Gasteiger partial charge in [0.2, 0.25) is 5.91 Å². The van der Waals surface area contributed by atoms with Crippen molar-refractivity contribution in [2.45, 2.75) is 75.6 Å². The Morgan fingerprint density at radius 1 is 0.940 bits per heavy atom. The van der Waals surface area contributed by atoms with Gasteiger partial charge in [-0.3, -0.25) is 4.79 Å². The molecule has 0 spiro atoms. The minimum atomic E-state index is -4.38. The molecule has 346 valence electrons. The van der Waals surface area contributed by atoms with Crippen LogP contribution in [0.3, 0.4) is 0 Å². The van der Waals surface area contributed by atoms with Crippen molar-refractivity contribution in [3.05, 3.63) is 152 Å². The molecule has 3 heterocycles. The number of anilines is 1. The molecule has 0 saturated heterocycles. The number of aryl methyl sites for hydroxylation is 1. The number of amides is 1. The Hall–Kier alpha value is -6.15. The van der Waals surface area contributed by atoms with Gasteiger partial charge in [0.25, 0.3) is 10.0 Å². The molecular formula is C50H47Cl2N5O8S2. The predicted octanol–water partition coefficient (Wildman–Crippen LogP) is 9.77. The Labute approximate surface area is 403 Å². The van der Waals surface area contributed by atoms with Crippen molar-refractivity contribution in [3.8, 4) is 34.4 Å². The van der Waals surface area contributed by atoms with Gasteiger partial charge in [0.15, 0.2) is 26.9 Å². The molecule has 0 bridgehead atoms. The van der Waals surface area contributed by atoms with E-state index in [-0.39, 0.29) is 35.9 Å². The quantitative estimate of drug-likeness (QED) is 0.0840. The summed E-state index contributed by atoms with van der Waals surface area (Å²) in [4.78, 5) is 31.7. The zero-order valence-electron chi connectivity index (χ0n) is 36.8. The summed E-state index contributed by atoms with van der Waals surface area (Å²) in [6.45, 7) is 6.69. The van der Waals surface area contributed by atoms with Crippen LogP contribution in [0, 0.1) is 24.2 Å². The standard InChI is InChI=1S/C50H47Cl2N5O8S2/c1-29(2)18-19-54-50-55-30(3)49(66-50)67(61,62)57-26-38-24-45-44(64-28-46(65-45)36-13-15-39(16-14-36)63-27-33-8-17-40(51)41(52)20-33)23-37(38)22-43(57)47(58)56-42(48(59)60)21-31-4-9-34(10-5-31)35-11-6-32(25-53)7-12-35/h4-17,20,23-24,29,42-43,46H,18-19,21-22,26-28H2,1-3H3,(H,54,55)(H,56,58)(H,59,60)/t42-,43-,46?/m0/s1. The second kappa shape index (κ2) is 20.4. The van der Waals surface area contributed by atoms with Crippen LogP contribution in [0.1, 0.15) is 65.4 Å². The van der Waals surface area contributed by atoms with Gasteiger partial charge < -0.3 is 30.0 Å². The molecule has 1 aromatic heterocycles. The van der Waals surface area contributed by atoms with E-state index in [4.69, 9.17) is 42.7 Å². The van der Waals surface area contributed by atoms with Gasteiger partial charge in [-0.05, 0) is 113 Å². The Morgan fingerprint density at radius 3 is 2.30 bits per heavy atom. The number of aliphatic carboxylic acids is 1. The number of carbonyl (C=O) groups is 2. The second-order valence-corrected chi connectivity index (χ2v) is 20.8. The molecule has 2 aliphatic heterocycles. The first-order chi connectivity index (χ1) is 32.1. The third kappa shape index (κ3) is 11.0. The van der Waals surface area contributed by atoms with Crippen molar-refractivity contribution in [1.82, 2.24) is 14.6 Å². The van der Waals surface area contributed by atoms with E-state index >= 15 is 0 Å². The van der Waals surface area contributed by atoms with Crippen molar-refractivity contribution in [1.29, 1.82) is 5.26 Å². The maximum atomic E-state index is 14.8. The van der Waals surface area contributed by atoms with Gasteiger partial charge in [0.1, 0.15) is 31.0 Å². The lowest BCUT2D eigenvalue weighted by Gasteiger charge is -2.36. The van der Waals surface area contributed by atoms with E-state index in [1.807, 2.05) is 54.6 Å². The van der Waals surface area contributed by atoms with Crippen LogP contribution < -0.4 is 24.8 Å². The summed E-state index contributed by atoms with van der Waals surface area (Å²) in [5, 5.41) is 26.8. The third-order valence-electron chi connectivity index (χ3n) is 11.6. The highest BCUT2D eigenvalue weighted by Gasteiger charge is 2.43. The minimum absolute atomic E-state index is 0.0140. The number of rotatable bonds is 16. The van der Waals surface area contributed by atoms with E-state index < -0.39 is 40.1 Å². The van der Waals surface area contributed by atoms with Gasteiger partial charge in [-0.25, -0.2) is 18.2 Å². The number of fused-ring (bicyclic) bond motifs is 2. The largest absolute Gasteiger partial charge is 0.489 e. The van der Waals surface area contributed by atoms with Crippen molar-refractivity contribution in [2.24, 2.45) is 5.92 Å². The topological polar surface area (TPSA) is 180 Å². The first kappa shape index (κ1) is 47.3. The number of hydrogen-bond acceptors (Lipinski definition) is 11. The number of carbonyl (C=O) groups excluding carboxylic acids is 1. The monoisotopic (exact) mass is 979 g/mol. The number of benzene rings is 5. The lowest BCUT2D eigenvalue weighted by atomic mass is 9.94. The summed E-state index contributed by atoms with van der Waals surface area (Å²) < 4.78 is 49.4. The van der Waals surface area contributed by atoms with Gasteiger partial charge in [0.05, 0.1) is 27.4 Å². The Balaban J connectivity index is 1.03. The van der Waals surface area contributed by atoms with E-state index in [0.29, 0.717) is 73.7 Å². The highest BCUT2D eigenvalue weighted by atomic mass is 35.5. The molecule has 0 fully saturated rings. The molecule has 0 radical (unpaired) electrons. The fourth-order valence-corrected chi connectivity index (χ4v) is 11.3. The van der Waals surface area contributed by atoms with Crippen LogP contribution in [0.2, 0.25) is 10.0 Å². The van der Waals surface area contributed by atoms with Crippen LogP contribution >= 0.6 is 34.5 Å². The summed E-state index contributed by atoms with van der Waals surface area (Å²) >= 11 is 13.2. The maximum Gasteiger partial charge on any atom is 0.326 e. The number of nitrogens with zero attached hydrogens (tertiary/aromatic N) is 3. The van der Waals surface area contributed by atoms with Crippen molar-refractivity contribution < 1.29 is 37.3 Å². The van der Waals surface area contributed by atoms with Crippen LogP contribution in [0.4, 0.5) is 5.13 Å². The first-order valence-corrected chi connectivity index (χ1v) is 24.6. The zero-order valence-corrected chi connectivity index (χ0v) is 39.9. The number of carboxylic acid groups (broad SMARTS) is 1. The summed E-state index contributed by atoms with van der Waals surface area (Å²) in [7, 11) is -4.38. The Bertz CT molecular complexity index is 2940. The molecule has 6 aromatic rings. The number of halogens is 2. The Morgan fingerprint density at radius 2 is 1.63 bits per heavy atom. The molecule has 2 aliphatic rings. The van der Waals surface area contributed by atoms with E-state index in [0.717, 1.165) is 44.3 Å². The number of sulfonamides is 1. The third-order valence-corrected chi connectivity index (χ3v) is 15.9. The molecule has 8 rings (SSSR count). The number of aromatic nitrogens is 1. The summed E-state index contributed by atoms with van der Waals surface area (Å²) in [6.07, 6.45) is 0.250. The van der Waals surface area contributed by atoms with E-state index in [1.54, 1.807) is 55.5 Å². The normalized spacial score (nSPS) is 16.1. The van der Waals surface area contributed by atoms with Crippen molar-refractivity contribution >= 4 is 61.6 Å². The number of carboxylic acids is 1. The van der Waals surface area contributed by atoms with Gasteiger partial charge in [-0.1, -0.05) is 103 Å². The van der Waals surface area contributed by atoms with Crippen LogP contribution in [0.25, 0.3) is 11.1 Å². The van der Waals surface area contributed by atoms with E-state index in [9.17, 15) is 23.1 Å². The average Bonchev–Trinajstić information content (AvgIpc) is 3.71. The minimum Gasteiger partial charge on any atom is -0.489 e. The zero-order chi connectivity index (χ0) is 47.4. The molecule has 0 aliphatic carbocycles. The molecule has 67 heavy (non-hydrogen) atoms. The fraction of sp³-hybridized carbons (Fsp3) is 0.280. The fourth-order valence-electron chi connectivity index (χ4n) is 7.89. The van der Waals surface area contributed by atoms with Crippen molar-refractivity contribution in [2.75, 3.05) is 18.5 Å². The molecule has 1 unspecified atom stereocenters. The van der Waals surface area contributed by atoms with Crippen LogP contribution in [0.5, 0.6) is 17.2 Å². The van der Waals surface area contributed by atoms with Gasteiger partial charge in [-0.2, -0.15) is 9.57 Å². The number of nitriles is 1. The second-order valence-electron chi connectivity index (χ2n) is 16.9. The number of hydrogen-bond donors (Lipinski definition) is 3. The maximum absolute atomic E-state index is 14.8. The average molecular weight is 981 g/mol. The first-order valence-electron chi connectivity index (χ1n) is 21.6. The van der Waals surface area contributed by atoms with E-state index in [2.05, 4.69) is 35.5 Å². The number of nitrogens with one attached hydrogen (secondary N) is 2. The van der Waals surface area contributed by atoms with Crippen molar-refractivity contribution in [3.63, 3.8) is 0 Å². The molecule has 3 N–H and O–H groups in total. The molecule has 1 amide bonds. The summed E-state index contributed by atoms with van der Waals surface area (Å²) in [5.74, 6) is -0.111. The van der Waals surface area contributed by atoms with Gasteiger partial charge in [0, 0.05) is 19.5 Å². The lowest BCUT2D eigenvalue weighted by Crippen LogP contribution is -2.55. The highest BCUT2D eigenvalue weighted by molar-refractivity contribution is 7.91. The van der Waals surface area contributed by atoms with Crippen LogP contribution in [-0.4, -0.2) is 59.9 Å².